The maximum absolute atomic E-state index is 17.8. The molecule has 6 aromatic carbocycles. The molecule has 12 heteroatoms. The molecule has 552 valence electrons. The predicted octanol–water partition coefficient (Wildman–Crippen LogP) is 20.6. The van der Waals surface area contributed by atoms with Gasteiger partial charge in [-0.3, -0.25) is 14.4 Å². The number of ketones is 3. The summed E-state index contributed by atoms with van der Waals surface area (Å²) in [6.07, 6.45) is 25.4. The Hall–Kier alpha value is -7.38. The molecule has 2 unspecified atom stereocenters. The summed E-state index contributed by atoms with van der Waals surface area (Å²) in [6, 6.07) is 38.1. The lowest BCUT2D eigenvalue weighted by Gasteiger charge is -2.60. The SMILES string of the molecule is CCCCCCCc1ccc(C(=O)OC2(C(=O)c3ccc(CCCCCCC)cc3)[C@@](OC(=O)c3ccc(CCCCCCC)cc3)(C(=O)c3ccc(CCCCCCC)cc3)[C@@H](O)C(O)[C@@H](O)[C@@]2(OC(=O)c2ccc(CCCCCCC)cc2)C(=O)c2ccc(CCCCCCC)cc2)cc1. The van der Waals surface area contributed by atoms with Crippen LogP contribution in [0.25, 0.3) is 0 Å². The molecular formula is C90H120O12. The van der Waals surface area contributed by atoms with Crippen molar-refractivity contribution in [1.82, 2.24) is 0 Å². The number of hydrogen-bond acceptors (Lipinski definition) is 12. The van der Waals surface area contributed by atoms with E-state index in [-0.39, 0.29) is 33.4 Å². The molecule has 102 heavy (non-hydrogen) atoms. The highest BCUT2D eigenvalue weighted by Gasteiger charge is 2.88. The summed E-state index contributed by atoms with van der Waals surface area (Å²) in [5, 5.41) is 40.8. The number of carbonyl (C=O) groups is 6. The average Bonchev–Trinajstić information content (AvgIpc) is 0.659. The molecule has 6 aromatic rings. The molecule has 0 amide bonds. The van der Waals surface area contributed by atoms with Gasteiger partial charge < -0.3 is 29.5 Å². The third-order valence-electron chi connectivity index (χ3n) is 20.9. The highest BCUT2D eigenvalue weighted by Crippen LogP contribution is 2.56. The van der Waals surface area contributed by atoms with Crippen LogP contribution in [0, 0.1) is 0 Å². The molecule has 6 atom stereocenters. The minimum absolute atomic E-state index is 0.186. The van der Waals surface area contributed by atoms with Gasteiger partial charge in [0.15, 0.2) is 0 Å². The van der Waals surface area contributed by atoms with Crippen molar-refractivity contribution in [1.29, 1.82) is 0 Å². The van der Waals surface area contributed by atoms with Gasteiger partial charge in [0, 0.05) is 16.7 Å². The van der Waals surface area contributed by atoms with Gasteiger partial charge in [-0.2, -0.15) is 0 Å². The Labute approximate surface area is 610 Å². The zero-order chi connectivity index (χ0) is 73.2. The number of benzene rings is 6. The first-order chi connectivity index (χ1) is 49.6. The largest absolute Gasteiger partial charge is 0.439 e. The molecule has 0 saturated heterocycles. The van der Waals surface area contributed by atoms with Gasteiger partial charge in [-0.1, -0.05) is 305 Å². The lowest BCUT2D eigenvalue weighted by molar-refractivity contribution is -0.293. The van der Waals surface area contributed by atoms with E-state index in [1.807, 2.05) is 0 Å². The van der Waals surface area contributed by atoms with Crippen LogP contribution in [0.3, 0.4) is 0 Å². The van der Waals surface area contributed by atoms with E-state index < -0.39 is 70.4 Å². The fourth-order valence-electron chi connectivity index (χ4n) is 14.6. The van der Waals surface area contributed by atoms with Crippen LogP contribution in [0.2, 0.25) is 0 Å². The first-order valence-corrected chi connectivity index (χ1v) is 39.5. The smallest absolute Gasteiger partial charge is 0.339 e. The summed E-state index contributed by atoms with van der Waals surface area (Å²) in [5.41, 5.74) is -8.14. The van der Waals surface area contributed by atoms with Gasteiger partial charge in [-0.05, 0) is 147 Å². The predicted molar refractivity (Wildman–Crippen MR) is 409 cm³/mol. The number of carbonyl (C=O) groups excluding carboxylic acids is 6. The van der Waals surface area contributed by atoms with E-state index in [1.165, 1.54) is 72.8 Å². The molecule has 7 rings (SSSR count). The highest BCUT2D eigenvalue weighted by molar-refractivity contribution is 6.21. The standard InChI is InChI=1S/C90H120O12/c1-7-13-19-25-31-37-67-43-55-73(56-44-67)80(92)88(100-85(97)76-61-49-70(50-62-76)40-34-28-22-16-10-4)83(95)79(91)84(96)89(81(93)74-57-45-68(46-58-74)38-32-26-20-14-8-2,101-86(98)77-63-51-71(52-64-77)41-35-29-23-17-11-5)90(88,82(94)75-59-47-69(48-60-75)39-33-27-21-15-9-3)102-87(99)78-65-53-72(54-66-78)42-36-30-24-18-12-6/h43-66,79,83-84,91,95-96H,7-42H2,1-6H3/t79?,83-,84+,88+,89-,90?. The molecule has 0 radical (unpaired) electrons. The molecular weight excluding hydrogens is 1270 g/mol. The molecule has 12 nitrogen and oxygen atoms in total. The number of Topliss-reactive ketones (excluding diaryl/α,β-unsaturated/α-hetero) is 3. The Morgan fingerprint density at radius 3 is 0.657 bits per heavy atom. The summed E-state index contributed by atoms with van der Waals surface area (Å²) >= 11 is 0. The fraction of sp³-hybridized carbons (Fsp3) is 0.533. The molecule has 0 bridgehead atoms. The highest BCUT2D eigenvalue weighted by atomic mass is 16.7. The summed E-state index contributed by atoms with van der Waals surface area (Å²) in [4.78, 5) is 101. The fourth-order valence-corrected chi connectivity index (χ4v) is 14.6. The third-order valence-corrected chi connectivity index (χ3v) is 20.9. The first kappa shape index (κ1) is 81.9. The number of aliphatic hydroxyl groups is 3. The second-order valence-corrected chi connectivity index (χ2v) is 28.9. The van der Waals surface area contributed by atoms with Crippen molar-refractivity contribution >= 4 is 35.3 Å². The van der Waals surface area contributed by atoms with Gasteiger partial charge in [-0.15, -0.1) is 0 Å². The molecule has 0 spiro atoms. The second-order valence-electron chi connectivity index (χ2n) is 28.9. The van der Waals surface area contributed by atoms with Gasteiger partial charge in [0.25, 0.3) is 16.8 Å². The maximum Gasteiger partial charge on any atom is 0.339 e. The van der Waals surface area contributed by atoms with E-state index in [0.717, 1.165) is 226 Å². The lowest BCUT2D eigenvalue weighted by atomic mass is 9.52. The third kappa shape index (κ3) is 21.6. The van der Waals surface area contributed by atoms with Crippen LogP contribution in [-0.4, -0.2) is 85.7 Å². The summed E-state index contributed by atoms with van der Waals surface area (Å²) in [7, 11) is 0. The van der Waals surface area contributed by atoms with Crippen LogP contribution in [0.5, 0.6) is 0 Å². The van der Waals surface area contributed by atoms with Crippen LogP contribution in [0.4, 0.5) is 0 Å². The van der Waals surface area contributed by atoms with Crippen molar-refractivity contribution in [2.45, 2.75) is 308 Å². The lowest BCUT2D eigenvalue weighted by Crippen LogP contribution is -2.91. The van der Waals surface area contributed by atoms with Gasteiger partial charge in [0.2, 0.25) is 17.3 Å². The Morgan fingerprint density at radius 2 is 0.441 bits per heavy atom. The quantitative estimate of drug-likeness (QED) is 0.0142. The van der Waals surface area contributed by atoms with Crippen LogP contribution >= 0.6 is 0 Å². The number of unbranched alkanes of at least 4 members (excludes halogenated alkanes) is 24. The van der Waals surface area contributed by atoms with Crippen LogP contribution in [0.1, 0.15) is 330 Å². The van der Waals surface area contributed by atoms with E-state index >= 15 is 28.8 Å². The normalized spacial score (nSPS) is 18.7. The molecule has 3 N–H and O–H groups in total. The number of aryl methyl sites for hydroxylation is 6. The van der Waals surface area contributed by atoms with E-state index in [2.05, 4.69) is 41.5 Å². The number of esters is 3. The van der Waals surface area contributed by atoms with Gasteiger partial charge >= 0.3 is 17.9 Å². The summed E-state index contributed by atoms with van der Waals surface area (Å²) < 4.78 is 20.7. The number of hydrogen-bond donors (Lipinski definition) is 3. The Kier molecular flexibility index (Phi) is 34.6. The van der Waals surface area contributed by atoms with Crippen molar-refractivity contribution in [3.05, 3.63) is 212 Å². The zero-order valence-corrected chi connectivity index (χ0v) is 62.6. The number of ether oxygens (including phenoxy) is 3. The van der Waals surface area contributed by atoms with Crippen LogP contribution in [-0.2, 0) is 52.7 Å². The molecule has 1 aliphatic rings. The van der Waals surface area contributed by atoms with Crippen molar-refractivity contribution in [2.75, 3.05) is 0 Å². The van der Waals surface area contributed by atoms with Crippen molar-refractivity contribution < 1.29 is 58.3 Å². The van der Waals surface area contributed by atoms with Gasteiger partial charge in [-0.25, -0.2) is 14.4 Å². The van der Waals surface area contributed by atoms with Gasteiger partial charge in [0.05, 0.1) is 16.7 Å². The maximum atomic E-state index is 17.8. The monoisotopic (exact) mass is 1390 g/mol. The first-order valence-electron chi connectivity index (χ1n) is 39.5. The summed E-state index contributed by atoms with van der Waals surface area (Å²) in [5.74, 6) is -8.37. The Balaban J connectivity index is 1.59. The van der Waals surface area contributed by atoms with Crippen LogP contribution < -0.4 is 0 Å². The van der Waals surface area contributed by atoms with E-state index in [0.29, 0.717) is 38.5 Å². The molecule has 0 aromatic heterocycles. The Morgan fingerprint density at radius 1 is 0.255 bits per heavy atom. The minimum atomic E-state index is -4.01. The Bertz CT molecular complexity index is 3320. The second kappa shape index (κ2) is 43.0. The summed E-state index contributed by atoms with van der Waals surface area (Å²) in [6.45, 7) is 12.9. The van der Waals surface area contributed by atoms with Crippen molar-refractivity contribution in [3.63, 3.8) is 0 Å². The zero-order valence-electron chi connectivity index (χ0n) is 62.6. The molecule has 1 fully saturated rings. The topological polar surface area (TPSA) is 191 Å². The van der Waals surface area contributed by atoms with Crippen molar-refractivity contribution in [3.8, 4) is 0 Å². The number of rotatable bonds is 48. The molecule has 0 aliphatic heterocycles. The minimum Gasteiger partial charge on any atom is -0.439 e. The van der Waals surface area contributed by atoms with E-state index in [9.17, 15) is 15.3 Å². The van der Waals surface area contributed by atoms with Crippen molar-refractivity contribution in [2.24, 2.45) is 0 Å². The molecule has 1 saturated carbocycles. The van der Waals surface area contributed by atoms with E-state index in [1.54, 1.807) is 72.8 Å². The van der Waals surface area contributed by atoms with Crippen LogP contribution in [0.15, 0.2) is 146 Å². The number of aliphatic hydroxyl groups excluding tert-OH is 3. The van der Waals surface area contributed by atoms with Gasteiger partial charge in [0.1, 0.15) is 18.3 Å². The molecule has 1 aliphatic carbocycles. The van der Waals surface area contributed by atoms with E-state index in [4.69, 9.17) is 14.2 Å². The molecule has 0 heterocycles. The average molecular weight is 1390 g/mol.